The van der Waals surface area contributed by atoms with E-state index in [9.17, 15) is 23.1 Å². The summed E-state index contributed by atoms with van der Waals surface area (Å²) < 4.78 is 37.0. The first-order valence-corrected chi connectivity index (χ1v) is 9.76. The van der Waals surface area contributed by atoms with Crippen LogP contribution in [-0.2, 0) is 11.3 Å². The van der Waals surface area contributed by atoms with Crippen molar-refractivity contribution < 1.29 is 37.5 Å². The van der Waals surface area contributed by atoms with Gasteiger partial charge in [0.1, 0.15) is 5.75 Å². The summed E-state index contributed by atoms with van der Waals surface area (Å²) in [6.45, 7) is 1.84. The van der Waals surface area contributed by atoms with Crippen LogP contribution in [0.5, 0.6) is 5.75 Å². The molecule has 0 saturated carbocycles. The predicted octanol–water partition coefficient (Wildman–Crippen LogP) is 3.59. The number of carboxylic acids is 1. The number of carboxylic acid groups (broad SMARTS) is 1. The van der Waals surface area contributed by atoms with Gasteiger partial charge in [-0.3, -0.25) is 4.79 Å². The topological polar surface area (TPSA) is 125 Å². The summed E-state index contributed by atoms with van der Waals surface area (Å²) in [6, 6.07) is 18.4. The molecule has 0 aliphatic heterocycles. The van der Waals surface area contributed by atoms with Crippen molar-refractivity contribution >= 4 is 11.9 Å². The molecule has 1 aromatic heterocycles. The van der Waals surface area contributed by atoms with E-state index in [1.807, 2.05) is 42.5 Å². The highest BCUT2D eigenvalue weighted by atomic mass is 19.4. The van der Waals surface area contributed by atoms with Gasteiger partial charge in [-0.05, 0) is 19.0 Å². The molecule has 0 aliphatic carbocycles. The van der Waals surface area contributed by atoms with Gasteiger partial charge in [0.05, 0.1) is 0 Å². The molecular formula is C22H22F3N3O5. The third-order valence-corrected chi connectivity index (χ3v) is 4.17. The maximum absolute atomic E-state index is 12.1. The molecule has 3 rings (SSSR count). The smallest absolute Gasteiger partial charge is 0.490 e. The molecule has 1 heterocycles. The normalized spacial score (nSPS) is 10.8. The molecule has 8 nitrogen and oxygen atoms in total. The zero-order valence-corrected chi connectivity index (χ0v) is 17.3. The number of amides is 1. The van der Waals surface area contributed by atoms with Crippen LogP contribution in [0.1, 0.15) is 22.5 Å². The summed E-state index contributed by atoms with van der Waals surface area (Å²) in [7, 11) is 0. The summed E-state index contributed by atoms with van der Waals surface area (Å²) in [5, 5.41) is 26.7. The number of nitrogens with one attached hydrogen (secondary N) is 2. The van der Waals surface area contributed by atoms with Gasteiger partial charge in [0.25, 0.3) is 5.91 Å². The van der Waals surface area contributed by atoms with Crippen LogP contribution in [0.3, 0.4) is 0 Å². The van der Waals surface area contributed by atoms with E-state index in [2.05, 4.69) is 15.8 Å². The molecule has 3 aromatic rings. The average molecular weight is 465 g/mol. The molecule has 0 bridgehead atoms. The van der Waals surface area contributed by atoms with Crippen LogP contribution in [0.25, 0.3) is 11.3 Å². The van der Waals surface area contributed by atoms with E-state index < -0.39 is 12.1 Å². The SMILES string of the molecule is O=C(NCCCNCc1ccccc1O)c1cc(-c2ccccc2)on1.O=C(O)C(F)(F)F. The second-order valence-corrected chi connectivity index (χ2v) is 6.66. The zero-order chi connectivity index (χ0) is 24.3. The fraction of sp³-hybridized carbons (Fsp3) is 0.227. The number of phenols is 1. The molecular weight excluding hydrogens is 443 g/mol. The first-order chi connectivity index (χ1) is 15.7. The average Bonchev–Trinajstić information content (AvgIpc) is 3.28. The molecule has 0 spiro atoms. The third-order valence-electron chi connectivity index (χ3n) is 4.17. The van der Waals surface area contributed by atoms with Crippen molar-refractivity contribution in [1.29, 1.82) is 0 Å². The van der Waals surface area contributed by atoms with Crippen LogP contribution in [0, 0.1) is 0 Å². The van der Waals surface area contributed by atoms with Crippen LogP contribution < -0.4 is 10.6 Å². The van der Waals surface area contributed by atoms with E-state index >= 15 is 0 Å². The largest absolute Gasteiger partial charge is 0.508 e. The van der Waals surface area contributed by atoms with Crippen molar-refractivity contribution in [2.45, 2.75) is 19.1 Å². The van der Waals surface area contributed by atoms with E-state index in [1.54, 1.807) is 18.2 Å². The Morgan fingerprint density at radius 1 is 1.00 bits per heavy atom. The number of carbonyl (C=O) groups excluding carboxylic acids is 1. The number of aromatic hydroxyl groups is 1. The fourth-order valence-corrected chi connectivity index (χ4v) is 2.51. The molecule has 0 fully saturated rings. The highest BCUT2D eigenvalue weighted by Crippen LogP contribution is 2.19. The Labute approximate surface area is 187 Å². The van der Waals surface area contributed by atoms with Crippen LogP contribution in [0.2, 0.25) is 0 Å². The predicted molar refractivity (Wildman–Crippen MR) is 112 cm³/mol. The minimum absolute atomic E-state index is 0.253. The van der Waals surface area contributed by atoms with Crippen molar-refractivity contribution in [2.24, 2.45) is 0 Å². The summed E-state index contributed by atoms with van der Waals surface area (Å²) in [6.07, 6.45) is -4.32. The number of hydrogen-bond donors (Lipinski definition) is 4. The molecule has 0 saturated heterocycles. The number of rotatable bonds is 8. The number of carbonyl (C=O) groups is 2. The number of aliphatic carboxylic acids is 1. The number of benzene rings is 2. The van der Waals surface area contributed by atoms with Gasteiger partial charge in [0, 0.05) is 30.3 Å². The number of para-hydroxylation sites is 1. The molecule has 176 valence electrons. The molecule has 0 aliphatic rings. The van der Waals surface area contributed by atoms with Crippen molar-refractivity contribution in [3.8, 4) is 17.1 Å². The molecule has 0 atom stereocenters. The Morgan fingerprint density at radius 3 is 2.27 bits per heavy atom. The second kappa shape index (κ2) is 12.2. The number of phenolic OH excluding ortho intramolecular Hbond substituents is 1. The monoisotopic (exact) mass is 465 g/mol. The maximum atomic E-state index is 12.1. The van der Waals surface area contributed by atoms with E-state index in [0.29, 0.717) is 18.8 Å². The number of nitrogens with zero attached hydrogens (tertiary/aromatic N) is 1. The Bertz CT molecular complexity index is 1040. The van der Waals surface area contributed by atoms with Gasteiger partial charge in [0.15, 0.2) is 11.5 Å². The van der Waals surface area contributed by atoms with Gasteiger partial charge in [-0.15, -0.1) is 0 Å². The second-order valence-electron chi connectivity index (χ2n) is 6.66. The first-order valence-electron chi connectivity index (χ1n) is 9.76. The lowest BCUT2D eigenvalue weighted by Gasteiger charge is -2.07. The number of halogens is 3. The van der Waals surface area contributed by atoms with Crippen molar-refractivity contribution in [3.05, 3.63) is 71.9 Å². The molecule has 11 heteroatoms. The highest BCUT2D eigenvalue weighted by Gasteiger charge is 2.38. The summed E-state index contributed by atoms with van der Waals surface area (Å²) in [5.41, 5.74) is 2.01. The maximum Gasteiger partial charge on any atom is 0.490 e. The lowest BCUT2D eigenvalue weighted by molar-refractivity contribution is -0.192. The van der Waals surface area contributed by atoms with E-state index in [0.717, 1.165) is 24.1 Å². The lowest BCUT2D eigenvalue weighted by Crippen LogP contribution is -2.27. The number of aromatic nitrogens is 1. The van der Waals surface area contributed by atoms with Crippen molar-refractivity contribution in [2.75, 3.05) is 13.1 Å². The summed E-state index contributed by atoms with van der Waals surface area (Å²) >= 11 is 0. The van der Waals surface area contributed by atoms with Gasteiger partial charge in [-0.25, -0.2) is 4.79 Å². The van der Waals surface area contributed by atoms with Crippen LogP contribution >= 0.6 is 0 Å². The van der Waals surface area contributed by atoms with Crippen LogP contribution in [-0.4, -0.2) is 46.5 Å². The van der Waals surface area contributed by atoms with Gasteiger partial charge >= 0.3 is 12.1 Å². The molecule has 0 unspecified atom stereocenters. The Kier molecular flexibility index (Phi) is 9.43. The lowest BCUT2D eigenvalue weighted by atomic mass is 10.1. The number of hydrogen-bond acceptors (Lipinski definition) is 6. The molecule has 0 radical (unpaired) electrons. The van der Waals surface area contributed by atoms with E-state index in [1.165, 1.54) is 0 Å². The minimum Gasteiger partial charge on any atom is -0.508 e. The molecule has 2 aromatic carbocycles. The minimum atomic E-state index is -5.08. The van der Waals surface area contributed by atoms with Crippen molar-refractivity contribution in [1.82, 2.24) is 15.8 Å². The molecule has 33 heavy (non-hydrogen) atoms. The molecule has 4 N–H and O–H groups in total. The van der Waals surface area contributed by atoms with Crippen LogP contribution in [0.4, 0.5) is 13.2 Å². The Morgan fingerprint density at radius 2 is 1.64 bits per heavy atom. The van der Waals surface area contributed by atoms with Gasteiger partial charge < -0.3 is 25.4 Å². The summed E-state index contributed by atoms with van der Waals surface area (Å²) in [5.74, 6) is -2.15. The van der Waals surface area contributed by atoms with E-state index in [4.69, 9.17) is 14.4 Å². The molecule has 1 amide bonds. The Hall–Kier alpha value is -3.86. The standard InChI is InChI=1S/C20H21N3O3.C2HF3O2/c24-18-10-5-4-9-16(18)14-21-11-6-12-22-20(25)17-13-19(26-23-17)15-7-2-1-3-8-15;3-2(4,5)1(6)7/h1-5,7-10,13,21,24H,6,11-12,14H2,(H,22,25);(H,6,7). The third kappa shape index (κ3) is 8.65. The fourth-order valence-electron chi connectivity index (χ4n) is 2.51. The first kappa shape index (κ1) is 25.4. The quantitative estimate of drug-likeness (QED) is 0.375. The summed E-state index contributed by atoms with van der Waals surface area (Å²) in [4.78, 5) is 21.0. The van der Waals surface area contributed by atoms with Gasteiger partial charge in [-0.1, -0.05) is 53.7 Å². The number of alkyl halides is 3. The Balaban J connectivity index is 0.000000479. The van der Waals surface area contributed by atoms with Gasteiger partial charge in [-0.2, -0.15) is 13.2 Å². The highest BCUT2D eigenvalue weighted by molar-refractivity contribution is 5.93. The van der Waals surface area contributed by atoms with Crippen LogP contribution in [0.15, 0.2) is 65.2 Å². The zero-order valence-electron chi connectivity index (χ0n) is 17.3. The van der Waals surface area contributed by atoms with E-state index in [-0.39, 0.29) is 17.4 Å². The van der Waals surface area contributed by atoms with Crippen molar-refractivity contribution in [3.63, 3.8) is 0 Å². The van der Waals surface area contributed by atoms with Gasteiger partial charge in [0.2, 0.25) is 0 Å².